The highest BCUT2D eigenvalue weighted by atomic mass is 16.1. The van der Waals surface area contributed by atoms with E-state index < -0.39 is 0 Å². The van der Waals surface area contributed by atoms with Crippen LogP contribution in [0.1, 0.15) is 27.0 Å². The van der Waals surface area contributed by atoms with Crippen LogP contribution in [-0.2, 0) is 0 Å². The Hall–Kier alpha value is -3.84. The number of hydrogen-bond acceptors (Lipinski definition) is 4. The summed E-state index contributed by atoms with van der Waals surface area (Å²) in [5, 5.41) is 9.01. The quantitative estimate of drug-likeness (QED) is 0.654. The Morgan fingerprint density at radius 1 is 0.923 bits per heavy atom. The summed E-state index contributed by atoms with van der Waals surface area (Å²) >= 11 is 0. The van der Waals surface area contributed by atoms with Crippen molar-refractivity contribution < 1.29 is 4.79 Å². The van der Waals surface area contributed by atoms with Gasteiger partial charge in [0.25, 0.3) is 0 Å². The molecule has 0 saturated heterocycles. The van der Waals surface area contributed by atoms with Crippen molar-refractivity contribution in [2.75, 3.05) is 0 Å². The maximum absolute atomic E-state index is 13.1. The highest BCUT2D eigenvalue weighted by molar-refractivity contribution is 6.38. The molecule has 3 aromatic rings. The molecule has 0 atom stereocenters. The van der Waals surface area contributed by atoms with Gasteiger partial charge >= 0.3 is 0 Å². The molecule has 0 spiro atoms. The molecule has 4 rings (SSSR count). The Balaban J connectivity index is 1.91. The third kappa shape index (κ3) is 2.83. The Kier molecular flexibility index (Phi) is 3.97. The van der Waals surface area contributed by atoms with Gasteiger partial charge in [0.15, 0.2) is 5.78 Å². The lowest BCUT2D eigenvalue weighted by Gasteiger charge is -2.18. The van der Waals surface area contributed by atoms with Crippen molar-refractivity contribution >= 4 is 23.3 Å². The molecular weight excluding hydrogens is 322 g/mol. The molecule has 0 unspecified atom stereocenters. The van der Waals surface area contributed by atoms with Gasteiger partial charge in [-0.15, -0.1) is 0 Å². The van der Waals surface area contributed by atoms with E-state index in [-0.39, 0.29) is 5.78 Å². The number of carbonyl (C=O) groups is 1. The number of fused-ring (bicyclic) bond motifs is 1. The van der Waals surface area contributed by atoms with Crippen molar-refractivity contribution in [3.63, 3.8) is 0 Å². The molecule has 2 heterocycles. The molecule has 1 aliphatic heterocycles. The molecule has 1 aromatic heterocycles. The number of rotatable bonds is 2. The number of para-hydroxylation sites is 1. The molecule has 0 bridgehead atoms. The number of benzene rings is 2. The third-order valence-electron chi connectivity index (χ3n) is 4.19. The van der Waals surface area contributed by atoms with E-state index in [1.807, 2.05) is 48.5 Å². The van der Waals surface area contributed by atoms with E-state index >= 15 is 0 Å². The monoisotopic (exact) mass is 335 g/mol. The van der Waals surface area contributed by atoms with E-state index in [2.05, 4.69) is 11.1 Å². The number of Topliss-reactive ketones (excluding diaryl/α,β-unsaturated/α-hetero) is 1. The minimum absolute atomic E-state index is 0.0632. The van der Waals surface area contributed by atoms with E-state index in [0.29, 0.717) is 28.1 Å². The van der Waals surface area contributed by atoms with Gasteiger partial charge in [0.2, 0.25) is 0 Å². The summed E-state index contributed by atoms with van der Waals surface area (Å²) in [7, 11) is 0. The molecule has 0 saturated carbocycles. The molecule has 4 nitrogen and oxygen atoms in total. The van der Waals surface area contributed by atoms with Crippen molar-refractivity contribution in [2.24, 2.45) is 4.99 Å². The number of nitrogens with zero attached hydrogens (tertiary/aromatic N) is 3. The minimum atomic E-state index is -0.0632. The smallest absolute Gasteiger partial charge is 0.197 e. The summed E-state index contributed by atoms with van der Waals surface area (Å²) in [5.41, 5.74) is 4.62. The zero-order valence-corrected chi connectivity index (χ0v) is 13.8. The van der Waals surface area contributed by atoms with Gasteiger partial charge in [-0.1, -0.05) is 24.3 Å². The van der Waals surface area contributed by atoms with E-state index in [0.717, 1.165) is 11.1 Å². The summed E-state index contributed by atoms with van der Waals surface area (Å²) in [6.07, 6.45) is 5.20. The molecule has 4 heteroatoms. The van der Waals surface area contributed by atoms with Gasteiger partial charge in [-0.05, 0) is 48.0 Å². The normalized spacial score (nSPS) is 14.5. The summed E-state index contributed by atoms with van der Waals surface area (Å²) < 4.78 is 0. The van der Waals surface area contributed by atoms with Crippen LogP contribution in [0.4, 0.5) is 5.69 Å². The topological polar surface area (TPSA) is 66.1 Å². The highest BCUT2D eigenvalue weighted by Gasteiger charge is 2.26. The SMILES string of the molecule is N#Cc1ccc(C2=Nc3ccccc3C(=O)C2=Cc2ccncc2)cc1. The van der Waals surface area contributed by atoms with Crippen molar-refractivity contribution in [1.29, 1.82) is 5.26 Å². The fraction of sp³-hybridized carbons (Fsp3) is 0. The van der Waals surface area contributed by atoms with Crippen LogP contribution in [0.15, 0.2) is 83.6 Å². The van der Waals surface area contributed by atoms with Crippen LogP contribution in [0.2, 0.25) is 0 Å². The van der Waals surface area contributed by atoms with Crippen LogP contribution in [0.3, 0.4) is 0 Å². The number of pyridine rings is 1. The zero-order chi connectivity index (χ0) is 17.9. The predicted octanol–water partition coefficient (Wildman–Crippen LogP) is 4.35. The van der Waals surface area contributed by atoms with E-state index in [9.17, 15) is 4.79 Å². The number of hydrogen-bond donors (Lipinski definition) is 0. The number of aliphatic imine (C=N–C) groups is 1. The average molecular weight is 335 g/mol. The molecule has 26 heavy (non-hydrogen) atoms. The zero-order valence-electron chi connectivity index (χ0n) is 13.8. The van der Waals surface area contributed by atoms with E-state index in [1.54, 1.807) is 30.6 Å². The number of ketones is 1. The Bertz CT molecular complexity index is 1090. The Labute approximate surface area is 150 Å². The average Bonchev–Trinajstić information content (AvgIpc) is 2.71. The second kappa shape index (κ2) is 6.58. The molecular formula is C22H13N3O. The van der Waals surface area contributed by atoms with Gasteiger partial charge in [0.1, 0.15) is 0 Å². The van der Waals surface area contributed by atoms with E-state index in [1.165, 1.54) is 0 Å². The largest absolute Gasteiger partial charge is 0.288 e. The lowest BCUT2D eigenvalue weighted by Crippen LogP contribution is -2.18. The lowest BCUT2D eigenvalue weighted by atomic mass is 9.89. The number of aromatic nitrogens is 1. The number of nitriles is 1. The lowest BCUT2D eigenvalue weighted by molar-refractivity contribution is 0.104. The van der Waals surface area contributed by atoms with Gasteiger partial charge < -0.3 is 0 Å². The van der Waals surface area contributed by atoms with Crippen LogP contribution >= 0.6 is 0 Å². The van der Waals surface area contributed by atoms with Gasteiger partial charge in [-0.2, -0.15) is 5.26 Å². The first kappa shape index (κ1) is 15.7. The molecule has 2 aromatic carbocycles. The van der Waals surface area contributed by atoms with Gasteiger partial charge in [0, 0.05) is 29.1 Å². The highest BCUT2D eigenvalue weighted by Crippen LogP contribution is 2.31. The second-order valence-corrected chi connectivity index (χ2v) is 5.83. The molecule has 122 valence electrons. The van der Waals surface area contributed by atoms with Crippen molar-refractivity contribution in [1.82, 2.24) is 4.98 Å². The summed E-state index contributed by atoms with van der Waals surface area (Å²) in [5.74, 6) is -0.0632. The molecule has 0 fully saturated rings. The summed E-state index contributed by atoms with van der Waals surface area (Å²) in [6, 6.07) is 20.2. The van der Waals surface area contributed by atoms with Crippen LogP contribution in [0.25, 0.3) is 6.08 Å². The molecule has 0 radical (unpaired) electrons. The van der Waals surface area contributed by atoms with Crippen LogP contribution in [0.5, 0.6) is 0 Å². The summed E-state index contributed by atoms with van der Waals surface area (Å²) in [4.78, 5) is 21.9. The van der Waals surface area contributed by atoms with Crippen molar-refractivity contribution in [3.8, 4) is 6.07 Å². The second-order valence-electron chi connectivity index (χ2n) is 5.83. The number of carbonyl (C=O) groups excluding carboxylic acids is 1. The first-order valence-corrected chi connectivity index (χ1v) is 8.11. The molecule has 0 N–H and O–H groups in total. The van der Waals surface area contributed by atoms with Crippen LogP contribution < -0.4 is 0 Å². The standard InChI is InChI=1S/C22H13N3O/c23-14-16-5-7-17(8-6-16)21-19(13-15-9-11-24-12-10-15)22(26)18-3-1-2-4-20(18)25-21/h1-13H. The molecule has 1 aliphatic rings. The number of allylic oxidation sites excluding steroid dienone is 1. The van der Waals surface area contributed by atoms with Crippen LogP contribution in [-0.4, -0.2) is 16.5 Å². The van der Waals surface area contributed by atoms with E-state index in [4.69, 9.17) is 10.3 Å². The van der Waals surface area contributed by atoms with Crippen molar-refractivity contribution in [3.05, 3.63) is 101 Å². The summed E-state index contributed by atoms with van der Waals surface area (Å²) in [6.45, 7) is 0. The van der Waals surface area contributed by atoms with Gasteiger partial charge in [-0.3, -0.25) is 9.78 Å². The van der Waals surface area contributed by atoms with Gasteiger partial charge in [-0.25, -0.2) is 4.99 Å². The fourth-order valence-corrected chi connectivity index (χ4v) is 2.88. The first-order valence-electron chi connectivity index (χ1n) is 8.11. The Morgan fingerprint density at radius 3 is 2.38 bits per heavy atom. The molecule has 0 aliphatic carbocycles. The molecule has 0 amide bonds. The van der Waals surface area contributed by atoms with Crippen LogP contribution in [0, 0.1) is 11.3 Å². The minimum Gasteiger partial charge on any atom is -0.288 e. The maximum Gasteiger partial charge on any atom is 0.197 e. The fourth-order valence-electron chi connectivity index (χ4n) is 2.88. The first-order chi connectivity index (χ1) is 12.8. The third-order valence-corrected chi connectivity index (χ3v) is 4.19. The maximum atomic E-state index is 13.1. The van der Waals surface area contributed by atoms with Crippen molar-refractivity contribution in [2.45, 2.75) is 0 Å². The van der Waals surface area contributed by atoms with Gasteiger partial charge in [0.05, 0.1) is 23.0 Å². The Morgan fingerprint density at radius 2 is 1.65 bits per heavy atom. The predicted molar refractivity (Wildman–Crippen MR) is 100 cm³/mol.